The van der Waals surface area contributed by atoms with Gasteiger partial charge in [-0.25, -0.2) is 14.9 Å². The molecule has 3 aromatic heterocycles. The van der Waals surface area contributed by atoms with Crippen molar-refractivity contribution in [2.75, 3.05) is 31.1 Å². The molecule has 0 aliphatic carbocycles. The number of rotatable bonds is 2. The Balaban J connectivity index is 1.47. The van der Waals surface area contributed by atoms with E-state index < -0.39 is 0 Å². The van der Waals surface area contributed by atoms with E-state index in [2.05, 4.69) is 15.2 Å². The number of H-pyrrole nitrogens is 1. The molecule has 144 valence electrons. The molecule has 1 amide bonds. The maximum Gasteiger partial charge on any atom is 0.347 e. The molecule has 3 aromatic rings. The minimum absolute atomic E-state index is 0.00745. The number of piperidine rings is 1. The number of carbonyl (C=O) groups is 1. The molecule has 9 heteroatoms. The first-order valence-corrected chi connectivity index (χ1v) is 9.47. The van der Waals surface area contributed by atoms with Crippen molar-refractivity contribution in [1.82, 2.24) is 24.5 Å². The highest BCUT2D eigenvalue weighted by Gasteiger charge is 2.25. The van der Waals surface area contributed by atoms with E-state index in [1.165, 1.54) is 10.8 Å². The van der Waals surface area contributed by atoms with Gasteiger partial charge in [0.05, 0.1) is 12.1 Å². The van der Waals surface area contributed by atoms with Crippen LogP contribution >= 0.6 is 0 Å². The Labute approximate surface area is 160 Å². The second-order valence-corrected chi connectivity index (χ2v) is 7.04. The van der Waals surface area contributed by atoms with Gasteiger partial charge >= 0.3 is 5.69 Å². The lowest BCUT2D eigenvalue weighted by Gasteiger charge is -2.31. The molecule has 1 fully saturated rings. The summed E-state index contributed by atoms with van der Waals surface area (Å²) in [5.41, 5.74) is 1.67. The molecule has 0 atom stereocenters. The van der Waals surface area contributed by atoms with Crippen LogP contribution in [0.2, 0.25) is 0 Å². The molecule has 2 aliphatic heterocycles. The summed E-state index contributed by atoms with van der Waals surface area (Å²) in [4.78, 5) is 32.8. The Bertz CT molecular complexity index is 1100. The Morgan fingerprint density at radius 2 is 2.00 bits per heavy atom. The molecule has 0 spiro atoms. The third-order valence-electron chi connectivity index (χ3n) is 5.27. The summed E-state index contributed by atoms with van der Waals surface area (Å²) in [6.07, 6.45) is 6.58. The van der Waals surface area contributed by atoms with Gasteiger partial charge in [-0.2, -0.15) is 5.10 Å². The van der Waals surface area contributed by atoms with E-state index in [4.69, 9.17) is 4.74 Å². The summed E-state index contributed by atoms with van der Waals surface area (Å²) in [5, 5.41) is 6.45. The van der Waals surface area contributed by atoms with Crippen LogP contribution in [0.5, 0.6) is 5.75 Å². The fourth-order valence-corrected chi connectivity index (χ4v) is 3.81. The number of amides is 1. The summed E-state index contributed by atoms with van der Waals surface area (Å²) in [6.45, 7) is 2.69. The van der Waals surface area contributed by atoms with Crippen LogP contribution in [0, 0.1) is 0 Å². The van der Waals surface area contributed by atoms with E-state index in [0.717, 1.165) is 31.6 Å². The van der Waals surface area contributed by atoms with E-state index in [-0.39, 0.29) is 11.6 Å². The van der Waals surface area contributed by atoms with Crippen LogP contribution in [-0.2, 0) is 0 Å². The highest BCUT2D eigenvalue weighted by atomic mass is 16.5. The lowest BCUT2D eigenvalue weighted by molar-refractivity contribution is 0.0723. The van der Waals surface area contributed by atoms with Crippen LogP contribution in [-0.4, -0.2) is 56.6 Å². The van der Waals surface area contributed by atoms with Crippen LogP contribution in [0.15, 0.2) is 35.4 Å². The molecule has 1 saturated heterocycles. The molecule has 0 aromatic carbocycles. The number of fused-ring (bicyclic) bond motifs is 2. The number of anilines is 2. The fourth-order valence-electron chi connectivity index (χ4n) is 3.81. The second-order valence-electron chi connectivity index (χ2n) is 7.04. The van der Waals surface area contributed by atoms with Crippen molar-refractivity contribution in [2.45, 2.75) is 19.3 Å². The summed E-state index contributed by atoms with van der Waals surface area (Å²) >= 11 is 0. The van der Waals surface area contributed by atoms with E-state index in [1.807, 2.05) is 21.9 Å². The highest BCUT2D eigenvalue weighted by molar-refractivity contribution is 5.95. The third-order valence-corrected chi connectivity index (χ3v) is 5.27. The van der Waals surface area contributed by atoms with Crippen molar-refractivity contribution in [3.05, 3.63) is 46.6 Å². The summed E-state index contributed by atoms with van der Waals surface area (Å²) in [5.74, 6) is 1.25. The lowest BCUT2D eigenvalue weighted by atomic mass is 10.1. The number of carbonyl (C=O) groups excluding carboxylic acids is 1. The van der Waals surface area contributed by atoms with Gasteiger partial charge in [-0.1, -0.05) is 0 Å². The molecule has 5 rings (SSSR count). The van der Waals surface area contributed by atoms with Crippen molar-refractivity contribution in [3.8, 4) is 5.75 Å². The molecule has 0 unspecified atom stereocenters. The topological polar surface area (TPSA) is 95.8 Å². The Morgan fingerprint density at radius 3 is 2.86 bits per heavy atom. The van der Waals surface area contributed by atoms with Crippen LogP contribution in [0.3, 0.4) is 0 Å². The van der Waals surface area contributed by atoms with Crippen LogP contribution in [0.1, 0.15) is 29.6 Å². The predicted octanol–water partition coefficient (Wildman–Crippen LogP) is 1.57. The van der Waals surface area contributed by atoms with Gasteiger partial charge in [0.15, 0.2) is 17.2 Å². The average Bonchev–Trinajstić information content (AvgIpc) is 3.13. The van der Waals surface area contributed by atoms with Gasteiger partial charge in [0.25, 0.3) is 5.91 Å². The molecule has 2 aliphatic rings. The van der Waals surface area contributed by atoms with Gasteiger partial charge in [0.2, 0.25) is 0 Å². The summed E-state index contributed by atoms with van der Waals surface area (Å²) in [7, 11) is 0. The number of ether oxygens (including phenoxy) is 1. The van der Waals surface area contributed by atoms with Gasteiger partial charge in [-0.3, -0.25) is 9.20 Å². The molecule has 0 bridgehead atoms. The number of pyridine rings is 2. The molecule has 1 N–H and O–H groups in total. The van der Waals surface area contributed by atoms with Crippen molar-refractivity contribution in [2.24, 2.45) is 0 Å². The largest absolute Gasteiger partial charge is 0.488 e. The summed E-state index contributed by atoms with van der Waals surface area (Å²) < 4.78 is 7.24. The monoisotopic (exact) mass is 380 g/mol. The Hall–Kier alpha value is -3.36. The summed E-state index contributed by atoms with van der Waals surface area (Å²) in [6, 6.07) is 5.44. The maximum atomic E-state index is 12.8. The molecule has 0 radical (unpaired) electrons. The smallest absolute Gasteiger partial charge is 0.347 e. The third kappa shape index (κ3) is 2.79. The minimum atomic E-state index is -0.275. The van der Waals surface area contributed by atoms with Crippen LogP contribution < -0.4 is 15.3 Å². The number of nitrogens with one attached hydrogen (secondary N) is 1. The number of likely N-dealkylation sites (tertiary alicyclic amines) is 1. The number of aromatic amines is 1. The SMILES string of the molecule is O=C(c1cnc2c(c1)OCCN2c1ccn2c(=O)[nH]nc2c1)N1CCCCC1. The number of hydrogen-bond acceptors (Lipinski definition) is 6. The van der Waals surface area contributed by atoms with Gasteiger partial charge in [0, 0.05) is 37.2 Å². The first-order chi connectivity index (χ1) is 13.7. The van der Waals surface area contributed by atoms with E-state index in [0.29, 0.717) is 35.9 Å². The lowest BCUT2D eigenvalue weighted by Crippen LogP contribution is -2.36. The normalized spacial score (nSPS) is 16.7. The Kier molecular flexibility index (Phi) is 4.00. The zero-order valence-corrected chi connectivity index (χ0v) is 15.3. The predicted molar refractivity (Wildman–Crippen MR) is 102 cm³/mol. The van der Waals surface area contributed by atoms with Crippen LogP contribution in [0.25, 0.3) is 5.65 Å². The molecule has 9 nitrogen and oxygen atoms in total. The molecule has 0 saturated carbocycles. The van der Waals surface area contributed by atoms with Gasteiger partial charge < -0.3 is 14.5 Å². The van der Waals surface area contributed by atoms with Gasteiger partial charge in [0.1, 0.15) is 6.61 Å². The zero-order valence-electron chi connectivity index (χ0n) is 15.3. The number of nitrogens with zero attached hydrogens (tertiary/aromatic N) is 5. The van der Waals surface area contributed by atoms with E-state index in [1.54, 1.807) is 18.5 Å². The molecule has 5 heterocycles. The van der Waals surface area contributed by atoms with Crippen LogP contribution in [0.4, 0.5) is 11.5 Å². The zero-order chi connectivity index (χ0) is 19.1. The molecular weight excluding hydrogens is 360 g/mol. The quantitative estimate of drug-likeness (QED) is 0.725. The minimum Gasteiger partial charge on any atom is -0.488 e. The van der Waals surface area contributed by atoms with Gasteiger partial charge in [-0.15, -0.1) is 0 Å². The standard InChI is InChI=1S/C19H20N6O3/c26-18(23-5-2-1-3-6-23)13-10-15-17(20-12-13)24(8-9-28-15)14-4-7-25-16(11-14)21-22-19(25)27/h4,7,10-12H,1-3,5-6,8-9H2,(H,22,27). The van der Waals surface area contributed by atoms with E-state index in [9.17, 15) is 9.59 Å². The molecular formula is C19H20N6O3. The van der Waals surface area contributed by atoms with Crippen molar-refractivity contribution < 1.29 is 9.53 Å². The fraction of sp³-hybridized carbons (Fsp3) is 0.368. The highest BCUT2D eigenvalue weighted by Crippen LogP contribution is 2.35. The molecule has 28 heavy (non-hydrogen) atoms. The first kappa shape index (κ1) is 16.8. The average molecular weight is 380 g/mol. The second kappa shape index (κ2) is 6.66. The maximum absolute atomic E-state index is 12.8. The van der Waals surface area contributed by atoms with Crippen molar-refractivity contribution in [1.29, 1.82) is 0 Å². The van der Waals surface area contributed by atoms with Crippen molar-refractivity contribution >= 4 is 23.1 Å². The van der Waals surface area contributed by atoms with Gasteiger partial charge in [-0.05, 0) is 31.4 Å². The first-order valence-electron chi connectivity index (χ1n) is 9.47. The number of hydrogen-bond donors (Lipinski definition) is 1. The number of aromatic nitrogens is 4. The van der Waals surface area contributed by atoms with Crippen molar-refractivity contribution in [3.63, 3.8) is 0 Å². The Morgan fingerprint density at radius 1 is 1.14 bits per heavy atom. The van der Waals surface area contributed by atoms with E-state index >= 15 is 0 Å².